The van der Waals surface area contributed by atoms with E-state index in [1.807, 2.05) is 28.8 Å². The minimum absolute atomic E-state index is 0.102. The van der Waals surface area contributed by atoms with Gasteiger partial charge in [0.25, 0.3) is 0 Å². The van der Waals surface area contributed by atoms with Gasteiger partial charge in [0.05, 0.1) is 11.4 Å². The van der Waals surface area contributed by atoms with Crippen molar-refractivity contribution in [2.45, 2.75) is 47.0 Å². The molecule has 4 heteroatoms. The highest BCUT2D eigenvalue weighted by Crippen LogP contribution is 2.34. The van der Waals surface area contributed by atoms with E-state index in [1.54, 1.807) is 0 Å². The number of imidazole rings is 1. The maximum atomic E-state index is 4.84. The highest BCUT2D eigenvalue weighted by atomic mass is 15.2. The number of rotatable bonds is 2. The van der Waals surface area contributed by atoms with E-state index in [1.165, 1.54) is 11.1 Å². The Kier molecular flexibility index (Phi) is 3.99. The lowest BCUT2D eigenvalue weighted by Crippen LogP contribution is -2.11. The Morgan fingerprint density at radius 1 is 0.958 bits per heavy atom. The second-order valence-electron chi connectivity index (χ2n) is 7.46. The number of aromatic nitrogens is 2. The molecule has 1 aromatic carbocycles. The Hall–Kier alpha value is -2.49. The largest absolute Gasteiger partial charge is 0.283 e. The topological polar surface area (TPSA) is 42.0 Å². The lowest BCUT2D eigenvalue weighted by molar-refractivity contribution is 0.573. The first-order chi connectivity index (χ1) is 11.3. The fraction of sp³-hybridized carbons (Fsp3) is 0.350. The fourth-order valence-corrected chi connectivity index (χ4v) is 2.90. The van der Waals surface area contributed by atoms with Crippen LogP contribution in [0.2, 0.25) is 0 Å². The van der Waals surface area contributed by atoms with E-state index in [-0.39, 0.29) is 5.41 Å². The summed E-state index contributed by atoms with van der Waals surface area (Å²) in [4.78, 5) is 4.84. The van der Waals surface area contributed by atoms with Gasteiger partial charge in [-0.2, -0.15) is 0 Å². The fourth-order valence-electron chi connectivity index (χ4n) is 2.90. The van der Waals surface area contributed by atoms with Crippen LogP contribution in [0, 0.1) is 20.8 Å². The van der Waals surface area contributed by atoms with E-state index in [9.17, 15) is 0 Å². The molecule has 0 aliphatic rings. The molecule has 0 fully saturated rings. The maximum Gasteiger partial charge on any atom is 0.183 e. The second-order valence-corrected chi connectivity index (χ2v) is 7.46. The molecule has 0 radical (unpaired) electrons. The van der Waals surface area contributed by atoms with E-state index >= 15 is 0 Å². The molecule has 0 N–H and O–H groups in total. The first kappa shape index (κ1) is 16.4. The summed E-state index contributed by atoms with van der Waals surface area (Å²) in [7, 11) is 0. The molecule has 0 unspecified atom stereocenters. The molecular formula is C20H24N4. The molecule has 0 atom stereocenters. The van der Waals surface area contributed by atoms with Crippen LogP contribution >= 0.6 is 0 Å². The molecule has 0 saturated heterocycles. The number of fused-ring (bicyclic) bond motifs is 1. The van der Waals surface area contributed by atoms with Gasteiger partial charge in [0, 0.05) is 11.6 Å². The Bertz CT molecular complexity index is 906. The summed E-state index contributed by atoms with van der Waals surface area (Å²) < 4.78 is 2.03. The lowest BCUT2D eigenvalue weighted by atomic mass is 9.92. The highest BCUT2D eigenvalue weighted by molar-refractivity contribution is 5.58. The quantitative estimate of drug-likeness (QED) is 0.536. The average Bonchev–Trinajstić information content (AvgIpc) is 2.84. The van der Waals surface area contributed by atoms with E-state index in [2.05, 4.69) is 63.9 Å². The van der Waals surface area contributed by atoms with Gasteiger partial charge in [-0.05, 0) is 55.7 Å². The van der Waals surface area contributed by atoms with Crippen molar-refractivity contribution in [1.29, 1.82) is 0 Å². The van der Waals surface area contributed by atoms with Crippen molar-refractivity contribution in [1.82, 2.24) is 9.38 Å². The van der Waals surface area contributed by atoms with Gasteiger partial charge < -0.3 is 0 Å². The van der Waals surface area contributed by atoms with Crippen LogP contribution in [0.3, 0.4) is 0 Å². The maximum absolute atomic E-state index is 4.84. The molecular weight excluding hydrogens is 296 g/mol. The first-order valence-electron chi connectivity index (χ1n) is 8.24. The van der Waals surface area contributed by atoms with Crippen molar-refractivity contribution in [2.24, 2.45) is 10.2 Å². The minimum Gasteiger partial charge on any atom is -0.283 e. The van der Waals surface area contributed by atoms with E-state index < -0.39 is 0 Å². The van der Waals surface area contributed by atoms with Gasteiger partial charge in [-0.1, -0.05) is 32.9 Å². The van der Waals surface area contributed by atoms with E-state index in [0.717, 1.165) is 28.4 Å². The van der Waals surface area contributed by atoms with Crippen molar-refractivity contribution in [3.05, 3.63) is 58.9 Å². The molecule has 2 aromatic heterocycles. The Balaban J connectivity index is 2.17. The monoisotopic (exact) mass is 320 g/mol. The molecule has 0 bridgehead atoms. The van der Waals surface area contributed by atoms with Crippen LogP contribution in [0.15, 0.2) is 46.8 Å². The normalized spacial score (nSPS) is 12.4. The molecule has 24 heavy (non-hydrogen) atoms. The van der Waals surface area contributed by atoms with Gasteiger partial charge in [0.2, 0.25) is 0 Å². The summed E-state index contributed by atoms with van der Waals surface area (Å²) in [6.45, 7) is 12.7. The molecule has 0 aliphatic carbocycles. The number of pyridine rings is 1. The van der Waals surface area contributed by atoms with Gasteiger partial charge in [0.15, 0.2) is 5.82 Å². The summed E-state index contributed by atoms with van der Waals surface area (Å²) in [5, 5.41) is 9.07. The summed E-state index contributed by atoms with van der Waals surface area (Å²) in [6.07, 6.45) is 2.00. The molecule has 0 amide bonds. The Labute approximate surface area is 143 Å². The third-order valence-corrected chi connectivity index (χ3v) is 4.00. The minimum atomic E-state index is -0.102. The molecule has 0 saturated carbocycles. The van der Waals surface area contributed by atoms with Gasteiger partial charge in [0.1, 0.15) is 5.65 Å². The van der Waals surface area contributed by atoms with Crippen LogP contribution in [0.25, 0.3) is 5.65 Å². The van der Waals surface area contributed by atoms with Crippen molar-refractivity contribution in [2.75, 3.05) is 0 Å². The second kappa shape index (κ2) is 5.86. The van der Waals surface area contributed by atoms with Crippen LogP contribution in [-0.4, -0.2) is 9.38 Å². The lowest BCUT2D eigenvalue weighted by Gasteiger charge is -2.15. The van der Waals surface area contributed by atoms with Crippen LogP contribution in [0.1, 0.15) is 43.2 Å². The molecule has 124 valence electrons. The number of hydrogen-bond donors (Lipinski definition) is 0. The molecule has 2 heterocycles. The van der Waals surface area contributed by atoms with Crippen molar-refractivity contribution >= 4 is 17.2 Å². The third kappa shape index (κ3) is 3.09. The highest BCUT2D eigenvalue weighted by Gasteiger charge is 2.24. The number of nitrogens with zero attached hydrogens (tertiary/aromatic N) is 4. The average molecular weight is 320 g/mol. The van der Waals surface area contributed by atoms with Crippen LogP contribution in [0.5, 0.6) is 0 Å². The van der Waals surface area contributed by atoms with Crippen molar-refractivity contribution in [3.8, 4) is 0 Å². The molecule has 0 spiro atoms. The Morgan fingerprint density at radius 2 is 1.62 bits per heavy atom. The van der Waals surface area contributed by atoms with Crippen LogP contribution in [-0.2, 0) is 5.41 Å². The number of benzene rings is 1. The van der Waals surface area contributed by atoms with Crippen molar-refractivity contribution in [3.63, 3.8) is 0 Å². The van der Waals surface area contributed by atoms with Gasteiger partial charge >= 0.3 is 0 Å². The number of hydrogen-bond acceptors (Lipinski definition) is 3. The predicted octanol–water partition coefficient (Wildman–Crippen LogP) is 5.97. The summed E-state index contributed by atoms with van der Waals surface area (Å²) in [6, 6.07) is 10.3. The van der Waals surface area contributed by atoms with E-state index in [4.69, 9.17) is 4.98 Å². The first-order valence-corrected chi connectivity index (χ1v) is 8.24. The van der Waals surface area contributed by atoms with Crippen LogP contribution in [0.4, 0.5) is 11.5 Å². The zero-order valence-corrected chi connectivity index (χ0v) is 15.3. The zero-order chi connectivity index (χ0) is 17.5. The third-order valence-electron chi connectivity index (χ3n) is 4.00. The molecule has 0 aliphatic heterocycles. The molecule has 3 rings (SSSR count). The smallest absolute Gasteiger partial charge is 0.183 e. The molecule has 3 aromatic rings. The van der Waals surface area contributed by atoms with Gasteiger partial charge in [-0.3, -0.25) is 4.40 Å². The molecule has 4 nitrogen and oxygen atoms in total. The van der Waals surface area contributed by atoms with Gasteiger partial charge in [-0.25, -0.2) is 4.98 Å². The van der Waals surface area contributed by atoms with E-state index in [0.29, 0.717) is 0 Å². The van der Waals surface area contributed by atoms with Gasteiger partial charge in [-0.15, -0.1) is 10.2 Å². The predicted molar refractivity (Wildman–Crippen MR) is 98.7 cm³/mol. The standard InChI is InChI=1S/C20H24N4/c1-13-10-14(2)12-16(11-13)22-23-19-17(20(4,5)6)21-18-15(3)8-7-9-24(18)19/h7-12H,1-6H3. The SMILES string of the molecule is Cc1cc(C)cc(N=Nc2c(C(C)(C)C)nc3c(C)cccn23)c1. The summed E-state index contributed by atoms with van der Waals surface area (Å²) in [5.41, 5.74) is 6.19. The number of aryl methyl sites for hydroxylation is 3. The van der Waals surface area contributed by atoms with Crippen LogP contribution < -0.4 is 0 Å². The summed E-state index contributed by atoms with van der Waals surface area (Å²) in [5.74, 6) is 0.806. The Morgan fingerprint density at radius 3 is 2.25 bits per heavy atom. The van der Waals surface area contributed by atoms with Crippen molar-refractivity contribution < 1.29 is 0 Å². The zero-order valence-electron chi connectivity index (χ0n) is 15.3. The summed E-state index contributed by atoms with van der Waals surface area (Å²) >= 11 is 0. The number of azo groups is 1.